The average Bonchev–Trinajstić information content (AvgIpc) is 3.05. The van der Waals surface area contributed by atoms with E-state index in [1.165, 1.54) is 11.3 Å². The van der Waals surface area contributed by atoms with Crippen LogP contribution in [0.5, 0.6) is 0 Å². The largest absolute Gasteiger partial charge is 0.477 e. The topological polar surface area (TPSA) is 42.2 Å². The number of carbonyl (C=O) groups is 1. The van der Waals surface area contributed by atoms with E-state index in [1.54, 1.807) is 6.07 Å². The Labute approximate surface area is 124 Å². The van der Waals surface area contributed by atoms with E-state index < -0.39 is 5.97 Å². The first kappa shape index (κ1) is 12.2. The van der Waals surface area contributed by atoms with Crippen molar-refractivity contribution in [3.8, 4) is 5.69 Å². The zero-order chi connectivity index (χ0) is 14.4. The fourth-order valence-electron chi connectivity index (χ4n) is 2.69. The highest BCUT2D eigenvalue weighted by Crippen LogP contribution is 2.37. The summed E-state index contributed by atoms with van der Waals surface area (Å²) in [4.78, 5) is 12.6. The fourth-order valence-corrected chi connectivity index (χ4v) is 3.73. The van der Waals surface area contributed by atoms with Crippen LogP contribution in [0.15, 0.2) is 60.7 Å². The molecule has 0 aliphatic rings. The number of thiophene rings is 1. The van der Waals surface area contributed by atoms with Crippen molar-refractivity contribution in [3.63, 3.8) is 0 Å². The number of hydrogen-bond acceptors (Lipinski definition) is 2. The molecule has 102 valence electrons. The third kappa shape index (κ3) is 1.76. The van der Waals surface area contributed by atoms with Crippen LogP contribution < -0.4 is 0 Å². The maximum Gasteiger partial charge on any atom is 0.345 e. The Balaban J connectivity index is 2.17. The molecule has 1 N–H and O–H groups in total. The Bertz CT molecular complexity index is 966. The number of rotatable bonds is 2. The number of hydrogen-bond donors (Lipinski definition) is 1. The number of aromatic nitrogens is 1. The van der Waals surface area contributed by atoms with Crippen molar-refractivity contribution in [1.29, 1.82) is 0 Å². The predicted molar refractivity (Wildman–Crippen MR) is 85.6 cm³/mol. The summed E-state index contributed by atoms with van der Waals surface area (Å²) in [5.41, 5.74) is 2.14. The summed E-state index contributed by atoms with van der Waals surface area (Å²) in [6.07, 6.45) is 0. The lowest BCUT2D eigenvalue weighted by Crippen LogP contribution is -1.92. The second-order valence-electron chi connectivity index (χ2n) is 4.82. The van der Waals surface area contributed by atoms with E-state index >= 15 is 0 Å². The van der Waals surface area contributed by atoms with Gasteiger partial charge in [0.1, 0.15) is 9.71 Å². The van der Waals surface area contributed by atoms with E-state index in [2.05, 4.69) is 10.6 Å². The number of carboxylic acid groups (broad SMARTS) is 1. The summed E-state index contributed by atoms with van der Waals surface area (Å²) in [5, 5.41) is 11.3. The molecule has 0 spiro atoms. The third-order valence-electron chi connectivity index (χ3n) is 3.58. The number of fused-ring (bicyclic) bond motifs is 3. The molecule has 0 fully saturated rings. The lowest BCUT2D eigenvalue weighted by atomic mass is 10.2. The maximum atomic E-state index is 11.3. The van der Waals surface area contributed by atoms with Gasteiger partial charge in [-0.25, -0.2) is 4.79 Å². The molecular weight excluding hydrogens is 282 g/mol. The summed E-state index contributed by atoms with van der Waals surface area (Å²) in [7, 11) is 0. The Morgan fingerprint density at radius 3 is 2.43 bits per heavy atom. The molecule has 2 heterocycles. The van der Waals surface area contributed by atoms with E-state index in [1.807, 2.05) is 48.5 Å². The van der Waals surface area contributed by atoms with Gasteiger partial charge in [-0.05, 0) is 24.3 Å². The summed E-state index contributed by atoms with van der Waals surface area (Å²) >= 11 is 1.32. The maximum absolute atomic E-state index is 11.3. The van der Waals surface area contributed by atoms with E-state index in [0.717, 1.165) is 26.8 Å². The number of nitrogens with zero attached hydrogens (tertiary/aromatic N) is 1. The van der Waals surface area contributed by atoms with Crippen LogP contribution in [-0.2, 0) is 0 Å². The molecule has 0 atom stereocenters. The van der Waals surface area contributed by atoms with Crippen LogP contribution in [0.1, 0.15) is 9.67 Å². The monoisotopic (exact) mass is 293 g/mol. The van der Waals surface area contributed by atoms with E-state index in [-0.39, 0.29) is 0 Å². The van der Waals surface area contributed by atoms with Crippen LogP contribution >= 0.6 is 11.3 Å². The van der Waals surface area contributed by atoms with E-state index in [0.29, 0.717) is 4.88 Å². The normalized spacial score (nSPS) is 11.2. The van der Waals surface area contributed by atoms with Gasteiger partial charge in [-0.3, -0.25) is 0 Å². The van der Waals surface area contributed by atoms with Crippen molar-refractivity contribution in [1.82, 2.24) is 4.57 Å². The Kier molecular flexibility index (Phi) is 2.59. The van der Waals surface area contributed by atoms with Crippen molar-refractivity contribution in [2.45, 2.75) is 0 Å². The first-order valence-corrected chi connectivity index (χ1v) is 7.39. The first-order chi connectivity index (χ1) is 10.3. The third-order valence-corrected chi connectivity index (χ3v) is 4.68. The van der Waals surface area contributed by atoms with E-state index in [9.17, 15) is 9.90 Å². The minimum Gasteiger partial charge on any atom is -0.477 e. The minimum absolute atomic E-state index is 0.371. The predicted octanol–water partition coefficient (Wildman–Crippen LogP) is 4.54. The van der Waals surface area contributed by atoms with Crippen molar-refractivity contribution >= 4 is 38.4 Å². The smallest absolute Gasteiger partial charge is 0.345 e. The van der Waals surface area contributed by atoms with Crippen molar-refractivity contribution < 1.29 is 9.90 Å². The van der Waals surface area contributed by atoms with Gasteiger partial charge in [-0.2, -0.15) is 0 Å². The number of aromatic carboxylic acids is 1. The highest BCUT2D eigenvalue weighted by molar-refractivity contribution is 7.20. The van der Waals surface area contributed by atoms with Crippen LogP contribution in [0.3, 0.4) is 0 Å². The number of carboxylic acids is 1. The van der Waals surface area contributed by atoms with Gasteiger partial charge in [0.2, 0.25) is 0 Å². The van der Waals surface area contributed by atoms with Gasteiger partial charge >= 0.3 is 5.97 Å². The lowest BCUT2D eigenvalue weighted by Gasteiger charge is -2.05. The summed E-state index contributed by atoms with van der Waals surface area (Å²) in [6.45, 7) is 0. The molecule has 3 nitrogen and oxygen atoms in total. The molecule has 0 aliphatic heterocycles. The van der Waals surface area contributed by atoms with Gasteiger partial charge in [0.25, 0.3) is 0 Å². The molecule has 0 amide bonds. The van der Waals surface area contributed by atoms with Gasteiger partial charge in [0.05, 0.1) is 5.52 Å². The average molecular weight is 293 g/mol. The summed E-state index contributed by atoms with van der Waals surface area (Å²) in [5.74, 6) is -0.875. The molecule has 4 rings (SSSR count). The van der Waals surface area contributed by atoms with Gasteiger partial charge in [0.15, 0.2) is 0 Å². The molecule has 2 aromatic carbocycles. The lowest BCUT2D eigenvalue weighted by molar-refractivity contribution is 0.0702. The highest BCUT2D eigenvalue weighted by Gasteiger charge is 2.17. The van der Waals surface area contributed by atoms with Crippen LogP contribution in [0.25, 0.3) is 26.8 Å². The SMILES string of the molecule is O=C(O)c1cc2c3ccccc3n(-c3ccccc3)c2s1. The second-order valence-corrected chi connectivity index (χ2v) is 5.85. The molecule has 0 bridgehead atoms. The van der Waals surface area contributed by atoms with Gasteiger partial charge in [-0.15, -0.1) is 11.3 Å². The molecule has 4 heteroatoms. The van der Waals surface area contributed by atoms with Crippen molar-refractivity contribution in [3.05, 3.63) is 65.5 Å². The molecule has 4 aromatic rings. The highest BCUT2D eigenvalue weighted by atomic mass is 32.1. The van der Waals surface area contributed by atoms with Crippen LogP contribution in [0.4, 0.5) is 0 Å². The molecule has 2 aromatic heterocycles. The molecule has 0 aliphatic carbocycles. The van der Waals surface area contributed by atoms with E-state index in [4.69, 9.17) is 0 Å². The number of benzene rings is 2. The van der Waals surface area contributed by atoms with Crippen molar-refractivity contribution in [2.75, 3.05) is 0 Å². The standard InChI is InChI=1S/C17H11NO2S/c19-17(20)15-10-13-12-8-4-5-9-14(12)18(16(13)21-15)11-6-2-1-3-7-11/h1-10H,(H,19,20). The van der Waals surface area contributed by atoms with Crippen molar-refractivity contribution in [2.24, 2.45) is 0 Å². The van der Waals surface area contributed by atoms with Crippen LogP contribution in [-0.4, -0.2) is 15.6 Å². The minimum atomic E-state index is -0.875. The van der Waals surface area contributed by atoms with Gasteiger partial charge in [-0.1, -0.05) is 36.4 Å². The Morgan fingerprint density at radius 2 is 1.67 bits per heavy atom. The van der Waals surface area contributed by atoms with Gasteiger partial charge < -0.3 is 9.67 Å². The first-order valence-electron chi connectivity index (χ1n) is 6.57. The Hall–Kier alpha value is -2.59. The molecule has 0 saturated heterocycles. The molecule has 0 unspecified atom stereocenters. The summed E-state index contributed by atoms with van der Waals surface area (Å²) < 4.78 is 2.13. The zero-order valence-electron chi connectivity index (χ0n) is 11.0. The molecular formula is C17H11NO2S. The summed E-state index contributed by atoms with van der Waals surface area (Å²) in [6, 6.07) is 19.9. The zero-order valence-corrected chi connectivity index (χ0v) is 11.8. The number of para-hydroxylation sites is 2. The quantitative estimate of drug-likeness (QED) is 0.589. The Morgan fingerprint density at radius 1 is 0.952 bits per heavy atom. The van der Waals surface area contributed by atoms with Crippen LogP contribution in [0.2, 0.25) is 0 Å². The van der Waals surface area contributed by atoms with Crippen LogP contribution in [0, 0.1) is 0 Å². The molecule has 0 radical (unpaired) electrons. The molecule has 21 heavy (non-hydrogen) atoms. The molecule has 0 saturated carbocycles. The van der Waals surface area contributed by atoms with Gasteiger partial charge in [0, 0.05) is 16.5 Å². The fraction of sp³-hybridized carbons (Fsp3) is 0. The second kappa shape index (κ2) is 4.46.